The van der Waals surface area contributed by atoms with Crippen LogP contribution in [0.25, 0.3) is 0 Å². The van der Waals surface area contributed by atoms with Crippen LogP contribution in [0, 0.1) is 5.92 Å². The van der Waals surface area contributed by atoms with Crippen LogP contribution in [0.2, 0.25) is 0 Å². The highest BCUT2D eigenvalue weighted by Crippen LogP contribution is 2.17. The average Bonchev–Trinajstić information content (AvgIpc) is 2.94. The third-order valence-electron chi connectivity index (χ3n) is 3.62. The van der Waals surface area contributed by atoms with Crippen molar-refractivity contribution in [1.29, 1.82) is 0 Å². The highest BCUT2D eigenvalue weighted by atomic mass is 16.5. The molecule has 1 amide bonds. The molecular weight excluding hydrogens is 274 g/mol. The zero-order chi connectivity index (χ0) is 15.7. The maximum absolute atomic E-state index is 12.3. The Morgan fingerprint density at radius 2 is 2.24 bits per heavy atom. The fourth-order valence-electron chi connectivity index (χ4n) is 2.36. The van der Waals surface area contributed by atoms with Gasteiger partial charge in [-0.2, -0.15) is 0 Å². The van der Waals surface area contributed by atoms with E-state index in [1.54, 1.807) is 11.8 Å². The lowest BCUT2D eigenvalue weighted by Crippen LogP contribution is -2.39. The number of hydrogen-bond donors (Lipinski definition) is 1. The van der Waals surface area contributed by atoms with E-state index in [9.17, 15) is 9.59 Å². The van der Waals surface area contributed by atoms with E-state index in [0.717, 1.165) is 19.3 Å². The summed E-state index contributed by atoms with van der Waals surface area (Å²) in [6.45, 7) is 6.27. The highest BCUT2D eigenvalue weighted by molar-refractivity contribution is 5.78. The second-order valence-electron chi connectivity index (χ2n) is 5.47. The summed E-state index contributed by atoms with van der Waals surface area (Å²) in [7, 11) is 0. The third-order valence-corrected chi connectivity index (χ3v) is 3.62. The van der Waals surface area contributed by atoms with E-state index in [4.69, 9.17) is 14.6 Å². The van der Waals surface area contributed by atoms with Gasteiger partial charge in [-0.1, -0.05) is 6.92 Å². The van der Waals surface area contributed by atoms with Crippen molar-refractivity contribution in [3.05, 3.63) is 0 Å². The molecular formula is C15H27NO5. The third kappa shape index (κ3) is 6.91. The second kappa shape index (κ2) is 9.73. The smallest absolute Gasteiger partial charge is 0.308 e. The van der Waals surface area contributed by atoms with Gasteiger partial charge in [0.05, 0.1) is 18.4 Å². The number of carboxylic acids is 1. The summed E-state index contributed by atoms with van der Waals surface area (Å²) in [5, 5.41) is 9.02. The first kappa shape index (κ1) is 17.9. The van der Waals surface area contributed by atoms with Crippen molar-refractivity contribution < 1.29 is 24.2 Å². The van der Waals surface area contributed by atoms with Crippen LogP contribution in [0.4, 0.5) is 0 Å². The number of amides is 1. The van der Waals surface area contributed by atoms with Gasteiger partial charge in [0, 0.05) is 32.9 Å². The highest BCUT2D eigenvalue weighted by Gasteiger charge is 2.25. The largest absolute Gasteiger partial charge is 0.481 e. The van der Waals surface area contributed by atoms with Crippen LogP contribution in [0.3, 0.4) is 0 Å². The monoisotopic (exact) mass is 301 g/mol. The number of carbonyl (C=O) groups is 2. The van der Waals surface area contributed by atoms with Gasteiger partial charge in [0.15, 0.2) is 0 Å². The Hall–Kier alpha value is -1.14. The van der Waals surface area contributed by atoms with E-state index < -0.39 is 11.9 Å². The zero-order valence-electron chi connectivity index (χ0n) is 13.0. The van der Waals surface area contributed by atoms with Gasteiger partial charge in [0.2, 0.25) is 5.91 Å². The van der Waals surface area contributed by atoms with Crippen molar-refractivity contribution in [3.63, 3.8) is 0 Å². The van der Waals surface area contributed by atoms with Gasteiger partial charge in [0.25, 0.3) is 0 Å². The molecule has 0 radical (unpaired) electrons. The summed E-state index contributed by atoms with van der Waals surface area (Å²) in [6.07, 6.45) is 2.96. The fraction of sp³-hybridized carbons (Fsp3) is 0.867. The number of carboxylic acid groups (broad SMARTS) is 1. The predicted octanol–water partition coefficient (Wildman–Crippen LogP) is 1.53. The topological polar surface area (TPSA) is 76.1 Å². The summed E-state index contributed by atoms with van der Waals surface area (Å²) in [5.41, 5.74) is 0. The van der Waals surface area contributed by atoms with Crippen molar-refractivity contribution in [2.45, 2.75) is 45.6 Å². The predicted molar refractivity (Wildman–Crippen MR) is 78.1 cm³/mol. The number of rotatable bonds is 10. The molecule has 122 valence electrons. The summed E-state index contributed by atoms with van der Waals surface area (Å²) in [4.78, 5) is 25.0. The standard InChI is InChI=1S/C15H27NO5/c1-3-20-8-5-7-16(11-12(2)15(18)19)14(17)10-13-6-4-9-21-13/h12-13H,3-11H2,1-2H3,(H,18,19). The molecule has 2 unspecified atom stereocenters. The molecule has 1 N–H and O–H groups in total. The first-order valence-electron chi connectivity index (χ1n) is 7.74. The van der Waals surface area contributed by atoms with Gasteiger partial charge >= 0.3 is 5.97 Å². The lowest BCUT2D eigenvalue weighted by molar-refractivity contribution is -0.143. The Labute approximate surface area is 126 Å². The van der Waals surface area contributed by atoms with Crippen LogP contribution < -0.4 is 0 Å². The molecule has 0 saturated carbocycles. The molecule has 1 saturated heterocycles. The van der Waals surface area contributed by atoms with Gasteiger partial charge in [-0.15, -0.1) is 0 Å². The van der Waals surface area contributed by atoms with Crippen LogP contribution in [-0.4, -0.2) is 60.9 Å². The molecule has 2 atom stereocenters. The minimum absolute atomic E-state index is 0.00738. The average molecular weight is 301 g/mol. The van der Waals surface area contributed by atoms with E-state index >= 15 is 0 Å². The number of hydrogen-bond acceptors (Lipinski definition) is 4. The molecule has 1 aliphatic heterocycles. The van der Waals surface area contributed by atoms with Crippen LogP contribution in [0.1, 0.15) is 39.5 Å². The molecule has 0 aromatic heterocycles. The molecule has 1 aliphatic rings. The molecule has 0 aliphatic carbocycles. The summed E-state index contributed by atoms with van der Waals surface area (Å²) in [6, 6.07) is 0. The van der Waals surface area contributed by atoms with Gasteiger partial charge < -0.3 is 19.5 Å². The Bertz CT molecular complexity index is 328. The van der Waals surface area contributed by atoms with E-state index in [1.165, 1.54) is 0 Å². The molecule has 0 aromatic carbocycles. The first-order chi connectivity index (χ1) is 10.0. The normalized spacial score (nSPS) is 19.4. The Balaban J connectivity index is 2.47. The SMILES string of the molecule is CCOCCCN(CC(C)C(=O)O)C(=O)CC1CCCO1. The molecule has 6 nitrogen and oxygen atoms in total. The lowest BCUT2D eigenvalue weighted by Gasteiger charge is -2.25. The van der Waals surface area contributed by atoms with Crippen molar-refractivity contribution in [3.8, 4) is 0 Å². The minimum atomic E-state index is -0.880. The maximum Gasteiger partial charge on any atom is 0.308 e. The van der Waals surface area contributed by atoms with E-state index in [0.29, 0.717) is 32.8 Å². The van der Waals surface area contributed by atoms with Crippen LogP contribution in [0.5, 0.6) is 0 Å². The van der Waals surface area contributed by atoms with E-state index in [1.807, 2.05) is 6.92 Å². The van der Waals surface area contributed by atoms with Crippen molar-refractivity contribution >= 4 is 11.9 Å². The first-order valence-corrected chi connectivity index (χ1v) is 7.74. The summed E-state index contributed by atoms with van der Waals surface area (Å²) >= 11 is 0. The lowest BCUT2D eigenvalue weighted by atomic mass is 10.1. The molecule has 0 spiro atoms. The van der Waals surface area contributed by atoms with Crippen molar-refractivity contribution in [2.75, 3.05) is 32.9 Å². The summed E-state index contributed by atoms with van der Waals surface area (Å²) < 4.78 is 10.8. The van der Waals surface area contributed by atoms with Crippen molar-refractivity contribution in [2.24, 2.45) is 5.92 Å². The number of aliphatic carboxylic acids is 1. The number of nitrogens with zero attached hydrogens (tertiary/aromatic N) is 1. The molecule has 6 heteroatoms. The van der Waals surface area contributed by atoms with Gasteiger partial charge in [-0.25, -0.2) is 0 Å². The van der Waals surface area contributed by atoms with E-state index in [2.05, 4.69) is 0 Å². The molecule has 1 rings (SSSR count). The Morgan fingerprint density at radius 1 is 1.48 bits per heavy atom. The fourth-order valence-corrected chi connectivity index (χ4v) is 2.36. The number of carbonyl (C=O) groups excluding carboxylic acids is 1. The maximum atomic E-state index is 12.3. The molecule has 0 bridgehead atoms. The summed E-state index contributed by atoms with van der Waals surface area (Å²) in [5.74, 6) is -1.47. The Kier molecular flexibility index (Phi) is 8.30. The van der Waals surface area contributed by atoms with Crippen LogP contribution in [-0.2, 0) is 19.1 Å². The molecule has 1 fully saturated rings. The number of ether oxygens (including phenoxy) is 2. The van der Waals surface area contributed by atoms with Crippen molar-refractivity contribution in [1.82, 2.24) is 4.90 Å². The van der Waals surface area contributed by atoms with E-state index in [-0.39, 0.29) is 18.6 Å². The zero-order valence-corrected chi connectivity index (χ0v) is 13.0. The second-order valence-corrected chi connectivity index (χ2v) is 5.47. The quantitative estimate of drug-likeness (QED) is 0.619. The minimum Gasteiger partial charge on any atom is -0.481 e. The molecule has 0 aromatic rings. The van der Waals surface area contributed by atoms with Gasteiger partial charge in [-0.3, -0.25) is 9.59 Å². The molecule has 21 heavy (non-hydrogen) atoms. The van der Waals surface area contributed by atoms with Gasteiger partial charge in [0.1, 0.15) is 0 Å². The molecule has 1 heterocycles. The van der Waals surface area contributed by atoms with Crippen LogP contribution >= 0.6 is 0 Å². The van der Waals surface area contributed by atoms with Gasteiger partial charge in [-0.05, 0) is 26.2 Å². The Morgan fingerprint density at radius 3 is 2.81 bits per heavy atom. The van der Waals surface area contributed by atoms with Crippen LogP contribution in [0.15, 0.2) is 0 Å².